The number of thioether (sulfide) groups is 1. The predicted molar refractivity (Wildman–Crippen MR) is 73.4 cm³/mol. The molecule has 0 N–H and O–H groups in total. The zero-order chi connectivity index (χ0) is 12.3. The number of nitrogens with zero attached hydrogens (tertiary/aromatic N) is 1. The largest absolute Gasteiger partial charge is 0.340 e. The van der Waals surface area contributed by atoms with Crippen LogP contribution in [-0.2, 0) is 11.2 Å². The average molecular weight is 249 g/mol. The lowest BCUT2D eigenvalue weighted by Crippen LogP contribution is -2.41. The van der Waals surface area contributed by atoms with Crippen LogP contribution in [0.15, 0.2) is 24.3 Å². The van der Waals surface area contributed by atoms with Gasteiger partial charge >= 0.3 is 0 Å². The van der Waals surface area contributed by atoms with Gasteiger partial charge < -0.3 is 4.90 Å². The van der Waals surface area contributed by atoms with Crippen molar-refractivity contribution in [2.45, 2.75) is 25.5 Å². The Kier molecular flexibility index (Phi) is 4.11. The normalized spacial score (nSPS) is 20.4. The third-order valence-electron chi connectivity index (χ3n) is 3.03. The Bertz CT molecular complexity index is 405. The van der Waals surface area contributed by atoms with Crippen LogP contribution in [0.3, 0.4) is 0 Å². The van der Waals surface area contributed by atoms with Crippen LogP contribution in [0.4, 0.5) is 0 Å². The molecular weight excluding hydrogens is 230 g/mol. The van der Waals surface area contributed by atoms with E-state index in [0.717, 1.165) is 24.4 Å². The standard InChI is InChI=1S/C14H19NOS/c1-11-4-3-5-13(8-11)9-14(16)15-6-7-17-12(2)10-15/h3-5,8,12H,6-7,9-10H2,1-2H3/t12-/m0/s1. The van der Waals surface area contributed by atoms with Gasteiger partial charge in [0.2, 0.25) is 5.91 Å². The van der Waals surface area contributed by atoms with E-state index in [1.807, 2.05) is 28.8 Å². The minimum atomic E-state index is 0.266. The van der Waals surface area contributed by atoms with Crippen molar-refractivity contribution in [2.75, 3.05) is 18.8 Å². The van der Waals surface area contributed by atoms with Crippen LogP contribution in [0, 0.1) is 6.92 Å². The third-order valence-corrected chi connectivity index (χ3v) is 4.17. The minimum Gasteiger partial charge on any atom is -0.340 e. The first-order valence-electron chi connectivity index (χ1n) is 6.10. The molecule has 1 amide bonds. The van der Waals surface area contributed by atoms with E-state index in [2.05, 4.69) is 26.0 Å². The Balaban J connectivity index is 1.96. The van der Waals surface area contributed by atoms with Gasteiger partial charge in [0.1, 0.15) is 0 Å². The van der Waals surface area contributed by atoms with E-state index in [1.54, 1.807) is 0 Å². The fourth-order valence-corrected chi connectivity index (χ4v) is 3.17. The van der Waals surface area contributed by atoms with Gasteiger partial charge in [-0.05, 0) is 12.5 Å². The van der Waals surface area contributed by atoms with E-state index in [1.165, 1.54) is 5.56 Å². The van der Waals surface area contributed by atoms with E-state index < -0.39 is 0 Å². The second-order valence-electron chi connectivity index (χ2n) is 4.69. The molecule has 0 radical (unpaired) electrons. The maximum atomic E-state index is 12.1. The molecule has 0 unspecified atom stereocenters. The lowest BCUT2D eigenvalue weighted by molar-refractivity contribution is -0.130. The topological polar surface area (TPSA) is 20.3 Å². The first-order chi connectivity index (χ1) is 8.15. The van der Waals surface area contributed by atoms with E-state index in [0.29, 0.717) is 11.7 Å². The fourth-order valence-electron chi connectivity index (χ4n) is 2.15. The van der Waals surface area contributed by atoms with Crippen LogP contribution in [0.2, 0.25) is 0 Å². The molecular formula is C14H19NOS. The van der Waals surface area contributed by atoms with Crippen LogP contribution in [0.25, 0.3) is 0 Å². The van der Waals surface area contributed by atoms with Gasteiger partial charge in [-0.1, -0.05) is 36.8 Å². The summed E-state index contributed by atoms with van der Waals surface area (Å²) in [5, 5.41) is 0.574. The molecule has 92 valence electrons. The number of benzene rings is 1. The third kappa shape index (κ3) is 3.50. The lowest BCUT2D eigenvalue weighted by Gasteiger charge is -2.30. The molecule has 1 aliphatic heterocycles. The van der Waals surface area contributed by atoms with E-state index in [-0.39, 0.29) is 5.91 Å². The Morgan fingerprint density at radius 1 is 1.53 bits per heavy atom. The number of carbonyl (C=O) groups is 1. The van der Waals surface area contributed by atoms with Crippen molar-refractivity contribution in [3.05, 3.63) is 35.4 Å². The van der Waals surface area contributed by atoms with Gasteiger partial charge in [-0.2, -0.15) is 11.8 Å². The number of rotatable bonds is 2. The molecule has 1 aromatic rings. The predicted octanol–water partition coefficient (Wildman–Crippen LogP) is 2.50. The Labute approximate surface area is 107 Å². The summed E-state index contributed by atoms with van der Waals surface area (Å²) in [4.78, 5) is 14.1. The molecule has 2 rings (SSSR count). The highest BCUT2D eigenvalue weighted by atomic mass is 32.2. The van der Waals surface area contributed by atoms with Crippen molar-refractivity contribution >= 4 is 17.7 Å². The van der Waals surface area contributed by atoms with E-state index in [4.69, 9.17) is 0 Å². The summed E-state index contributed by atoms with van der Waals surface area (Å²) in [6.07, 6.45) is 0.541. The summed E-state index contributed by atoms with van der Waals surface area (Å²) in [6.45, 7) is 6.05. The Morgan fingerprint density at radius 3 is 3.06 bits per heavy atom. The Hall–Kier alpha value is -0.960. The van der Waals surface area contributed by atoms with Crippen molar-refractivity contribution in [3.63, 3.8) is 0 Å². The fraction of sp³-hybridized carbons (Fsp3) is 0.500. The van der Waals surface area contributed by atoms with Crippen LogP contribution >= 0.6 is 11.8 Å². The quantitative estimate of drug-likeness (QED) is 0.802. The van der Waals surface area contributed by atoms with Gasteiger partial charge in [-0.3, -0.25) is 4.79 Å². The summed E-state index contributed by atoms with van der Waals surface area (Å²) in [5.74, 6) is 1.34. The van der Waals surface area contributed by atoms with Gasteiger partial charge in [0.15, 0.2) is 0 Å². The molecule has 1 aromatic carbocycles. The minimum absolute atomic E-state index is 0.266. The monoisotopic (exact) mass is 249 g/mol. The van der Waals surface area contributed by atoms with E-state index >= 15 is 0 Å². The molecule has 1 fully saturated rings. The van der Waals surface area contributed by atoms with Gasteiger partial charge in [0.25, 0.3) is 0 Å². The van der Waals surface area contributed by atoms with Crippen molar-refractivity contribution < 1.29 is 4.79 Å². The number of amides is 1. The second-order valence-corrected chi connectivity index (χ2v) is 6.23. The van der Waals surface area contributed by atoms with Crippen molar-refractivity contribution in [2.24, 2.45) is 0 Å². The van der Waals surface area contributed by atoms with Crippen molar-refractivity contribution in [1.29, 1.82) is 0 Å². The first-order valence-corrected chi connectivity index (χ1v) is 7.15. The molecule has 0 aromatic heterocycles. The summed E-state index contributed by atoms with van der Waals surface area (Å²) >= 11 is 1.95. The lowest BCUT2D eigenvalue weighted by atomic mass is 10.1. The van der Waals surface area contributed by atoms with Crippen LogP contribution in [0.1, 0.15) is 18.1 Å². The number of aryl methyl sites for hydroxylation is 1. The molecule has 2 nitrogen and oxygen atoms in total. The highest BCUT2D eigenvalue weighted by Gasteiger charge is 2.21. The van der Waals surface area contributed by atoms with Gasteiger partial charge in [0, 0.05) is 24.1 Å². The summed E-state index contributed by atoms with van der Waals surface area (Å²) in [5.41, 5.74) is 2.35. The SMILES string of the molecule is Cc1cccc(CC(=O)N2CCS[C@@H](C)C2)c1. The van der Waals surface area contributed by atoms with Crippen LogP contribution in [0.5, 0.6) is 0 Å². The first kappa shape index (κ1) is 12.5. The summed E-state index contributed by atoms with van der Waals surface area (Å²) < 4.78 is 0. The molecule has 0 aliphatic carbocycles. The molecule has 0 saturated carbocycles. The highest BCUT2D eigenvalue weighted by molar-refractivity contribution is 7.99. The van der Waals surface area contributed by atoms with Gasteiger partial charge in [-0.15, -0.1) is 0 Å². The van der Waals surface area contributed by atoms with Crippen LogP contribution < -0.4 is 0 Å². The zero-order valence-corrected chi connectivity index (χ0v) is 11.3. The average Bonchev–Trinajstić information content (AvgIpc) is 2.29. The Morgan fingerprint density at radius 2 is 2.35 bits per heavy atom. The van der Waals surface area contributed by atoms with E-state index in [9.17, 15) is 4.79 Å². The highest BCUT2D eigenvalue weighted by Crippen LogP contribution is 2.18. The number of hydrogen-bond acceptors (Lipinski definition) is 2. The molecule has 3 heteroatoms. The molecule has 1 heterocycles. The molecule has 17 heavy (non-hydrogen) atoms. The van der Waals surface area contributed by atoms with Crippen molar-refractivity contribution in [1.82, 2.24) is 4.90 Å². The maximum Gasteiger partial charge on any atom is 0.227 e. The molecule has 1 aliphatic rings. The van der Waals surface area contributed by atoms with Crippen molar-refractivity contribution in [3.8, 4) is 0 Å². The maximum absolute atomic E-state index is 12.1. The number of carbonyl (C=O) groups excluding carboxylic acids is 1. The summed E-state index contributed by atoms with van der Waals surface area (Å²) in [6, 6.07) is 8.22. The summed E-state index contributed by atoms with van der Waals surface area (Å²) in [7, 11) is 0. The van der Waals surface area contributed by atoms with Gasteiger partial charge in [-0.25, -0.2) is 0 Å². The van der Waals surface area contributed by atoms with Crippen LogP contribution in [-0.4, -0.2) is 34.9 Å². The molecule has 0 bridgehead atoms. The molecule has 1 atom stereocenters. The smallest absolute Gasteiger partial charge is 0.227 e. The second kappa shape index (κ2) is 5.58. The number of hydrogen-bond donors (Lipinski definition) is 0. The zero-order valence-electron chi connectivity index (χ0n) is 10.5. The van der Waals surface area contributed by atoms with Gasteiger partial charge in [0.05, 0.1) is 6.42 Å². The molecule has 1 saturated heterocycles. The molecule has 0 spiro atoms.